The molecule has 2 N–H and O–H groups in total. The van der Waals surface area contributed by atoms with Crippen LogP contribution < -0.4 is 5.32 Å². The zero-order valence-corrected chi connectivity index (χ0v) is 13.8. The number of aliphatic hydroxyl groups excluding tert-OH is 1. The maximum atomic E-state index is 12.0. The lowest BCUT2D eigenvalue weighted by atomic mass is 9.95. The van der Waals surface area contributed by atoms with Crippen LogP contribution in [0.25, 0.3) is 0 Å². The summed E-state index contributed by atoms with van der Waals surface area (Å²) in [5.41, 5.74) is 1.78. The second-order valence-corrected chi connectivity index (χ2v) is 5.29. The van der Waals surface area contributed by atoms with E-state index < -0.39 is 5.97 Å². The Morgan fingerprint density at radius 2 is 2.22 bits per heavy atom. The molecular weight excluding hydrogens is 296 g/mol. The van der Waals surface area contributed by atoms with Gasteiger partial charge >= 0.3 is 5.97 Å². The van der Waals surface area contributed by atoms with Crippen molar-refractivity contribution >= 4 is 5.97 Å². The van der Waals surface area contributed by atoms with E-state index in [0.29, 0.717) is 38.2 Å². The zero-order chi connectivity index (χ0) is 16.9. The van der Waals surface area contributed by atoms with Gasteiger partial charge in [-0.3, -0.25) is 0 Å². The van der Waals surface area contributed by atoms with Gasteiger partial charge in [-0.05, 0) is 43.8 Å². The molecule has 0 aromatic heterocycles. The summed E-state index contributed by atoms with van der Waals surface area (Å²) in [5, 5.41) is 21.3. The molecule has 0 atom stereocenters. The third-order valence-electron chi connectivity index (χ3n) is 3.37. The summed E-state index contributed by atoms with van der Waals surface area (Å²) in [6.07, 6.45) is 5.89. The monoisotopic (exact) mass is 322 g/mol. The highest BCUT2D eigenvalue weighted by atomic mass is 16.6. The summed E-state index contributed by atoms with van der Waals surface area (Å²) in [5.74, 6) is -0.588. The van der Waals surface area contributed by atoms with E-state index in [1.807, 2.05) is 19.1 Å². The van der Waals surface area contributed by atoms with Crippen LogP contribution in [0.4, 0.5) is 0 Å². The minimum absolute atomic E-state index is 0.0710. The van der Waals surface area contributed by atoms with Crippen LogP contribution in [-0.2, 0) is 14.3 Å². The van der Waals surface area contributed by atoms with Crippen LogP contribution in [0.1, 0.15) is 39.0 Å². The number of aliphatic hydroxyl groups is 1. The van der Waals surface area contributed by atoms with Crippen molar-refractivity contribution in [3.8, 4) is 6.07 Å². The van der Waals surface area contributed by atoms with Crippen LogP contribution >= 0.6 is 0 Å². The first-order valence-corrected chi connectivity index (χ1v) is 8.16. The first-order chi connectivity index (χ1) is 11.2. The van der Waals surface area contributed by atoms with Gasteiger partial charge in [0.15, 0.2) is 0 Å². The number of nitrogens with zero attached hydrogens (tertiary/aromatic N) is 1. The number of nitrogens with one attached hydrogen (secondary N) is 1. The van der Waals surface area contributed by atoms with Gasteiger partial charge in [0.25, 0.3) is 0 Å². The molecule has 0 fully saturated rings. The molecule has 1 rings (SSSR count). The molecule has 1 aliphatic carbocycles. The normalized spacial score (nSPS) is 16.3. The quantitative estimate of drug-likeness (QED) is 0.276. The lowest BCUT2D eigenvalue weighted by molar-refractivity contribution is -0.140. The number of allylic oxidation sites excluding steroid dienone is 3. The highest BCUT2D eigenvalue weighted by Crippen LogP contribution is 2.24. The Labute approximate surface area is 137 Å². The molecule has 0 unspecified atom stereocenters. The van der Waals surface area contributed by atoms with Crippen LogP contribution in [0.2, 0.25) is 0 Å². The fourth-order valence-electron chi connectivity index (χ4n) is 2.25. The smallest absolute Gasteiger partial charge is 0.349 e. The molecule has 0 spiro atoms. The second kappa shape index (κ2) is 11.7. The molecule has 0 aliphatic heterocycles. The summed E-state index contributed by atoms with van der Waals surface area (Å²) in [7, 11) is 0. The number of carbonyl (C=O) groups is 1. The Morgan fingerprint density at radius 1 is 1.39 bits per heavy atom. The van der Waals surface area contributed by atoms with E-state index >= 15 is 0 Å². The van der Waals surface area contributed by atoms with Crippen molar-refractivity contribution in [3.05, 3.63) is 22.9 Å². The van der Waals surface area contributed by atoms with Gasteiger partial charge in [0.1, 0.15) is 18.2 Å². The topological polar surface area (TPSA) is 91.6 Å². The number of rotatable bonds is 10. The largest absolute Gasteiger partial charge is 0.459 e. The molecule has 0 aromatic rings. The molecule has 0 radical (unpaired) electrons. The van der Waals surface area contributed by atoms with Gasteiger partial charge in [-0.25, -0.2) is 4.79 Å². The summed E-state index contributed by atoms with van der Waals surface area (Å²) in [6, 6.07) is 1.96. The third kappa shape index (κ3) is 7.31. The van der Waals surface area contributed by atoms with Crippen LogP contribution in [-0.4, -0.2) is 44.0 Å². The minimum Gasteiger partial charge on any atom is -0.459 e. The molecule has 23 heavy (non-hydrogen) atoms. The van der Waals surface area contributed by atoms with Crippen molar-refractivity contribution < 1.29 is 19.4 Å². The first-order valence-electron chi connectivity index (χ1n) is 8.16. The van der Waals surface area contributed by atoms with Crippen LogP contribution in [0.3, 0.4) is 0 Å². The molecule has 0 bridgehead atoms. The van der Waals surface area contributed by atoms with Crippen LogP contribution in [0.15, 0.2) is 22.9 Å². The van der Waals surface area contributed by atoms with Gasteiger partial charge < -0.3 is 19.9 Å². The molecule has 0 aromatic carbocycles. The number of ether oxygens (including phenoxy) is 2. The van der Waals surface area contributed by atoms with Crippen molar-refractivity contribution in [1.82, 2.24) is 5.32 Å². The third-order valence-corrected chi connectivity index (χ3v) is 3.37. The standard InChI is InChI=1S/C17H26N2O4/c1-2-9-22-10-11-23-17(21)16(13-18)14-5-3-6-15(12-14)19-7-4-8-20/h12,19-20H,2-11H2,1H3/b16-14-. The highest BCUT2D eigenvalue weighted by molar-refractivity contribution is 5.94. The molecule has 1 aliphatic rings. The van der Waals surface area contributed by atoms with E-state index in [1.54, 1.807) is 0 Å². The van der Waals surface area contributed by atoms with Gasteiger partial charge in [0, 0.05) is 25.5 Å². The summed E-state index contributed by atoms with van der Waals surface area (Å²) < 4.78 is 10.3. The fourth-order valence-corrected chi connectivity index (χ4v) is 2.25. The van der Waals surface area contributed by atoms with Gasteiger partial charge in [0.2, 0.25) is 0 Å². The van der Waals surface area contributed by atoms with Gasteiger partial charge in [-0.1, -0.05) is 6.92 Å². The van der Waals surface area contributed by atoms with Crippen LogP contribution in [0, 0.1) is 11.3 Å². The van der Waals surface area contributed by atoms with Gasteiger partial charge in [0.05, 0.1) is 6.61 Å². The van der Waals surface area contributed by atoms with Crippen molar-refractivity contribution in [1.29, 1.82) is 5.26 Å². The van der Waals surface area contributed by atoms with E-state index in [2.05, 4.69) is 5.32 Å². The van der Waals surface area contributed by atoms with Crippen LogP contribution in [0.5, 0.6) is 0 Å². The van der Waals surface area contributed by atoms with E-state index in [1.165, 1.54) is 0 Å². The number of esters is 1. The lowest BCUT2D eigenvalue weighted by Gasteiger charge is -2.18. The number of hydrogen-bond donors (Lipinski definition) is 2. The summed E-state index contributed by atoms with van der Waals surface area (Å²) in [6.45, 7) is 3.96. The maximum Gasteiger partial charge on any atom is 0.349 e. The van der Waals surface area contributed by atoms with Crippen molar-refractivity contribution in [3.63, 3.8) is 0 Å². The number of carbonyl (C=O) groups excluding carboxylic acids is 1. The molecule has 0 heterocycles. The average molecular weight is 322 g/mol. The van der Waals surface area contributed by atoms with Gasteiger partial charge in [-0.15, -0.1) is 0 Å². The SMILES string of the molecule is CCCOCCOC(=O)/C(C#N)=C1\C=C(NCCCO)CCC1. The lowest BCUT2D eigenvalue weighted by Crippen LogP contribution is -2.19. The predicted octanol–water partition coefficient (Wildman–Crippen LogP) is 1.82. The Kier molecular flexibility index (Phi) is 9.76. The molecular formula is C17H26N2O4. The second-order valence-electron chi connectivity index (χ2n) is 5.29. The Balaban J connectivity index is 2.61. The molecule has 6 heteroatoms. The minimum atomic E-state index is -0.588. The average Bonchev–Trinajstić information content (AvgIpc) is 2.56. The summed E-state index contributed by atoms with van der Waals surface area (Å²) >= 11 is 0. The number of nitriles is 1. The Bertz CT molecular complexity index is 477. The number of hydrogen-bond acceptors (Lipinski definition) is 6. The molecule has 128 valence electrons. The van der Waals surface area contributed by atoms with E-state index in [-0.39, 0.29) is 18.8 Å². The Morgan fingerprint density at radius 3 is 2.91 bits per heavy atom. The van der Waals surface area contributed by atoms with Crippen molar-refractivity contribution in [2.75, 3.05) is 33.0 Å². The molecule has 0 saturated carbocycles. The summed E-state index contributed by atoms with van der Waals surface area (Å²) in [4.78, 5) is 12.0. The van der Waals surface area contributed by atoms with Crippen molar-refractivity contribution in [2.24, 2.45) is 0 Å². The Hall–Kier alpha value is -1.84. The van der Waals surface area contributed by atoms with Crippen molar-refractivity contribution in [2.45, 2.75) is 39.0 Å². The predicted molar refractivity (Wildman–Crippen MR) is 86.3 cm³/mol. The zero-order valence-electron chi connectivity index (χ0n) is 13.8. The van der Waals surface area contributed by atoms with E-state index in [4.69, 9.17) is 14.6 Å². The molecule has 0 amide bonds. The highest BCUT2D eigenvalue weighted by Gasteiger charge is 2.18. The van der Waals surface area contributed by atoms with E-state index in [9.17, 15) is 10.1 Å². The maximum absolute atomic E-state index is 12.0. The molecule has 0 saturated heterocycles. The van der Waals surface area contributed by atoms with E-state index in [0.717, 1.165) is 25.0 Å². The first kappa shape index (κ1) is 19.2. The fraction of sp³-hybridized carbons (Fsp3) is 0.647. The van der Waals surface area contributed by atoms with Gasteiger partial charge in [-0.2, -0.15) is 5.26 Å². The molecule has 6 nitrogen and oxygen atoms in total.